The van der Waals surface area contributed by atoms with Crippen molar-refractivity contribution >= 4 is 12.1 Å². The van der Waals surface area contributed by atoms with E-state index in [-0.39, 0.29) is 12.6 Å². The summed E-state index contributed by atoms with van der Waals surface area (Å²) in [6, 6.07) is 9.39. The minimum Gasteiger partial charge on any atom is -0.399 e. The van der Waals surface area contributed by atoms with Gasteiger partial charge in [0.1, 0.15) is 13.8 Å². The molecule has 134 valence electrons. The molecule has 3 aromatic rings. The van der Waals surface area contributed by atoms with Crippen LogP contribution in [-0.4, -0.2) is 28.5 Å². The van der Waals surface area contributed by atoms with Crippen molar-refractivity contribution in [3.63, 3.8) is 0 Å². The van der Waals surface area contributed by atoms with Crippen molar-refractivity contribution in [1.82, 2.24) is 14.6 Å². The maximum absolute atomic E-state index is 12.0. The number of carbonyl (C=O) groups is 1. The van der Waals surface area contributed by atoms with Gasteiger partial charge in [-0.3, -0.25) is 4.79 Å². The van der Waals surface area contributed by atoms with Crippen LogP contribution in [0.15, 0.2) is 63.4 Å². The summed E-state index contributed by atoms with van der Waals surface area (Å²) in [7, 11) is 1.49. The van der Waals surface area contributed by atoms with Gasteiger partial charge in [0.25, 0.3) is 0 Å². The molecule has 0 saturated carbocycles. The highest BCUT2D eigenvalue weighted by molar-refractivity contribution is 5.79. The van der Waals surface area contributed by atoms with Gasteiger partial charge in [-0.25, -0.2) is 4.79 Å². The molecule has 0 saturated heterocycles. The van der Waals surface area contributed by atoms with E-state index in [4.69, 9.17) is 4.52 Å². The third-order valence-corrected chi connectivity index (χ3v) is 3.68. The molecule has 0 aliphatic heterocycles. The maximum Gasteiger partial charge on any atom is 0.365 e. The number of hydrogen-bond donors (Lipinski definition) is 1. The van der Waals surface area contributed by atoms with Crippen molar-refractivity contribution in [2.75, 3.05) is 7.11 Å². The van der Waals surface area contributed by atoms with Gasteiger partial charge in [-0.05, 0) is 23.8 Å². The molecule has 0 spiro atoms. The van der Waals surface area contributed by atoms with Crippen LogP contribution in [0.2, 0.25) is 0 Å². The Labute approximate surface area is 149 Å². The number of rotatable bonds is 6. The summed E-state index contributed by atoms with van der Waals surface area (Å²) < 4.78 is 8.32. The summed E-state index contributed by atoms with van der Waals surface area (Å²) in [6.45, 7) is 1.51. The van der Waals surface area contributed by atoms with Gasteiger partial charge in [0.2, 0.25) is 5.91 Å². The Hall–Kier alpha value is -3.55. The van der Waals surface area contributed by atoms with E-state index in [0.29, 0.717) is 5.56 Å². The van der Waals surface area contributed by atoms with Crippen LogP contribution >= 0.6 is 0 Å². The predicted molar refractivity (Wildman–Crippen MR) is 96.2 cm³/mol. The first kappa shape index (κ1) is 17.3. The smallest absolute Gasteiger partial charge is 0.365 e. The lowest BCUT2D eigenvalue weighted by Crippen LogP contribution is -2.22. The molecule has 0 unspecified atom stereocenters. The molecule has 2 aromatic heterocycles. The number of carbonyl (C=O) groups excluding carboxylic acids is 1. The van der Waals surface area contributed by atoms with Crippen molar-refractivity contribution in [3.8, 4) is 16.8 Å². The van der Waals surface area contributed by atoms with Gasteiger partial charge in [0.15, 0.2) is 0 Å². The molecule has 0 fully saturated rings. The van der Waals surface area contributed by atoms with E-state index in [1.165, 1.54) is 18.8 Å². The third kappa shape index (κ3) is 3.92. The largest absolute Gasteiger partial charge is 0.399 e. The van der Waals surface area contributed by atoms with Gasteiger partial charge in [-0.1, -0.05) is 17.3 Å². The standard InChI is InChI=1S/C18H18N4O4/c1-13(23)19-12-22-11-17(18(24)26-22)15-3-5-16(6-4-15)21-8-7-14(10-21)9-20-25-2/h3-11H,12H2,1-2H3,(H,19,23). The van der Waals surface area contributed by atoms with E-state index in [1.807, 2.05) is 47.3 Å². The quantitative estimate of drug-likeness (QED) is 0.541. The molecule has 3 rings (SSSR count). The van der Waals surface area contributed by atoms with Gasteiger partial charge in [0.05, 0.1) is 18.0 Å². The monoisotopic (exact) mass is 354 g/mol. The molecule has 0 aliphatic carbocycles. The zero-order chi connectivity index (χ0) is 18.5. The lowest BCUT2D eigenvalue weighted by Gasteiger charge is -2.03. The van der Waals surface area contributed by atoms with E-state index in [1.54, 1.807) is 12.4 Å². The van der Waals surface area contributed by atoms with Gasteiger partial charge in [0, 0.05) is 30.6 Å². The summed E-state index contributed by atoms with van der Waals surface area (Å²) in [5, 5.41) is 6.30. The van der Waals surface area contributed by atoms with Gasteiger partial charge in [-0.2, -0.15) is 4.74 Å². The molecular weight excluding hydrogens is 336 g/mol. The van der Waals surface area contributed by atoms with Crippen molar-refractivity contribution < 1.29 is 14.2 Å². The van der Waals surface area contributed by atoms with Crippen molar-refractivity contribution in [1.29, 1.82) is 0 Å². The normalized spacial score (nSPS) is 11.0. The van der Waals surface area contributed by atoms with Gasteiger partial charge in [-0.15, -0.1) is 0 Å². The Morgan fingerprint density at radius 2 is 2.04 bits per heavy atom. The summed E-state index contributed by atoms with van der Waals surface area (Å²) >= 11 is 0. The highest BCUT2D eigenvalue weighted by atomic mass is 16.6. The van der Waals surface area contributed by atoms with Crippen molar-refractivity contribution in [2.24, 2.45) is 5.16 Å². The van der Waals surface area contributed by atoms with Crippen LogP contribution in [0.3, 0.4) is 0 Å². The number of oxime groups is 1. The number of nitrogens with zero attached hydrogens (tertiary/aromatic N) is 3. The Morgan fingerprint density at radius 3 is 2.73 bits per heavy atom. The molecule has 1 N–H and O–H groups in total. The molecule has 8 nitrogen and oxygen atoms in total. The van der Waals surface area contributed by atoms with E-state index < -0.39 is 5.63 Å². The molecule has 0 radical (unpaired) electrons. The summed E-state index contributed by atoms with van der Waals surface area (Å²) in [6.07, 6.45) is 7.01. The Morgan fingerprint density at radius 1 is 1.27 bits per heavy atom. The van der Waals surface area contributed by atoms with Crippen LogP contribution in [0.5, 0.6) is 0 Å². The molecule has 0 bridgehead atoms. The minimum atomic E-state index is -0.456. The zero-order valence-corrected chi connectivity index (χ0v) is 14.4. The van der Waals surface area contributed by atoms with Crippen LogP contribution in [0.25, 0.3) is 16.8 Å². The highest BCUT2D eigenvalue weighted by Crippen LogP contribution is 2.19. The summed E-state index contributed by atoms with van der Waals surface area (Å²) in [4.78, 5) is 27.6. The summed E-state index contributed by atoms with van der Waals surface area (Å²) in [5.41, 5.74) is 2.56. The van der Waals surface area contributed by atoms with E-state index in [9.17, 15) is 9.59 Å². The fourth-order valence-electron chi connectivity index (χ4n) is 2.41. The third-order valence-electron chi connectivity index (χ3n) is 3.68. The highest BCUT2D eigenvalue weighted by Gasteiger charge is 2.10. The van der Waals surface area contributed by atoms with Crippen molar-refractivity contribution in [3.05, 3.63) is 64.9 Å². The van der Waals surface area contributed by atoms with E-state index in [0.717, 1.165) is 16.8 Å². The van der Waals surface area contributed by atoms with Gasteiger partial charge >= 0.3 is 5.63 Å². The molecule has 26 heavy (non-hydrogen) atoms. The number of nitrogens with one attached hydrogen (secondary N) is 1. The Kier molecular flexibility index (Phi) is 5.02. The second-order valence-electron chi connectivity index (χ2n) is 5.55. The first-order valence-electron chi connectivity index (χ1n) is 7.87. The van der Waals surface area contributed by atoms with Crippen molar-refractivity contribution in [2.45, 2.75) is 13.6 Å². The fourth-order valence-corrected chi connectivity index (χ4v) is 2.41. The predicted octanol–water partition coefficient (Wildman–Crippen LogP) is 1.97. The molecule has 0 atom stereocenters. The second-order valence-corrected chi connectivity index (χ2v) is 5.55. The first-order valence-corrected chi connectivity index (χ1v) is 7.87. The van der Waals surface area contributed by atoms with Gasteiger partial charge < -0.3 is 19.2 Å². The Bertz CT molecular complexity index is 979. The first-order chi connectivity index (χ1) is 12.6. The van der Waals surface area contributed by atoms with Crippen LogP contribution in [0, 0.1) is 0 Å². The van der Waals surface area contributed by atoms with Crippen LogP contribution < -0.4 is 10.9 Å². The van der Waals surface area contributed by atoms with E-state index >= 15 is 0 Å². The maximum atomic E-state index is 12.0. The lowest BCUT2D eigenvalue weighted by molar-refractivity contribution is -0.119. The van der Waals surface area contributed by atoms with Crippen LogP contribution in [-0.2, 0) is 16.3 Å². The van der Waals surface area contributed by atoms with E-state index in [2.05, 4.69) is 15.3 Å². The average Bonchev–Trinajstić information content (AvgIpc) is 3.25. The molecule has 0 aliphatic rings. The number of hydrogen-bond acceptors (Lipinski definition) is 5. The lowest BCUT2D eigenvalue weighted by atomic mass is 10.1. The molecular formula is C18H18N4O4. The number of aromatic nitrogens is 2. The SMILES string of the molecule is CON=Cc1ccn(-c2ccc(-c3cn(CNC(C)=O)oc3=O)cc2)c1. The van der Waals surface area contributed by atoms with Crippen LogP contribution in [0.1, 0.15) is 12.5 Å². The summed E-state index contributed by atoms with van der Waals surface area (Å²) in [5.74, 6) is -0.200. The average molecular weight is 354 g/mol. The topological polar surface area (TPSA) is 90.8 Å². The Balaban J connectivity index is 1.79. The zero-order valence-electron chi connectivity index (χ0n) is 14.4. The molecule has 1 amide bonds. The number of benzene rings is 1. The molecule has 1 aromatic carbocycles. The van der Waals surface area contributed by atoms with Crippen LogP contribution in [0.4, 0.5) is 0 Å². The number of amides is 1. The minimum absolute atomic E-state index is 0.109. The second kappa shape index (κ2) is 7.56. The molecule has 8 heteroatoms. The fraction of sp³-hybridized carbons (Fsp3) is 0.167. The molecule has 2 heterocycles.